The summed E-state index contributed by atoms with van der Waals surface area (Å²) in [4.78, 5) is 5.32. The van der Waals surface area contributed by atoms with Gasteiger partial charge in [0.25, 0.3) is 6.71 Å². The van der Waals surface area contributed by atoms with E-state index < -0.39 is 0 Å². The van der Waals surface area contributed by atoms with Gasteiger partial charge in [0.05, 0.1) is 23.8 Å². The average molecular weight is 961 g/mol. The first kappa shape index (κ1) is 41.1. The van der Waals surface area contributed by atoms with Crippen molar-refractivity contribution in [1.82, 2.24) is 4.57 Å². The molecule has 0 amide bonds. The van der Waals surface area contributed by atoms with E-state index in [9.17, 15) is 2.74 Å². The highest BCUT2D eigenvalue weighted by Gasteiger charge is 2.62. The third-order valence-electron chi connectivity index (χ3n) is 18.8. The molecule has 0 N–H and O–H groups in total. The van der Waals surface area contributed by atoms with Crippen LogP contribution in [-0.4, -0.2) is 16.8 Å². The van der Waals surface area contributed by atoms with Gasteiger partial charge in [-0.3, -0.25) is 0 Å². The third kappa shape index (κ3) is 6.25. The fourth-order valence-electron chi connectivity index (χ4n) is 14.6. The van der Waals surface area contributed by atoms with Gasteiger partial charge in [-0.1, -0.05) is 187 Å². The highest BCUT2D eigenvalue weighted by atomic mass is 15.3. The summed E-state index contributed by atoms with van der Waals surface area (Å²) in [5.41, 5.74) is 24.3. The molecular weight excluding hydrogens is 882 g/mol. The zero-order chi connectivity index (χ0) is 55.6. The lowest BCUT2D eigenvalue weighted by atomic mass is 9.33. The van der Waals surface area contributed by atoms with E-state index in [0.29, 0.717) is 5.56 Å². The molecule has 8 aromatic rings. The van der Waals surface area contributed by atoms with Crippen molar-refractivity contribution in [3.8, 4) is 28.1 Å². The highest BCUT2D eigenvalue weighted by molar-refractivity contribution is 7.00. The van der Waals surface area contributed by atoms with Gasteiger partial charge in [0, 0.05) is 55.7 Å². The maximum absolute atomic E-state index is 9.44. The Balaban J connectivity index is 1.23. The number of hydrogen-bond acceptors (Lipinski definition) is 2. The number of aromatic nitrogens is 1. The van der Waals surface area contributed by atoms with Crippen LogP contribution in [0, 0.1) is 13.8 Å². The Morgan fingerprint density at radius 3 is 1.85 bits per heavy atom. The number of hydrogen-bond donors (Lipinski definition) is 0. The molecule has 368 valence electrons. The molecule has 0 saturated heterocycles. The van der Waals surface area contributed by atoms with Gasteiger partial charge >= 0.3 is 0 Å². The van der Waals surface area contributed by atoms with Crippen LogP contribution in [-0.2, 0) is 27.1 Å². The number of rotatable bonds is 4. The minimum atomic E-state index is -0.370. The fourth-order valence-corrected chi connectivity index (χ4v) is 14.6. The number of benzene rings is 7. The van der Waals surface area contributed by atoms with Crippen molar-refractivity contribution in [3.05, 3.63) is 172 Å². The van der Waals surface area contributed by atoms with Crippen LogP contribution in [0.4, 0.5) is 28.4 Å². The Hall–Kier alpha value is -6.26. The first-order valence-corrected chi connectivity index (χ1v) is 27.1. The fraction of sp³-hybridized carbons (Fsp3) is 0.362. The predicted octanol–water partition coefficient (Wildman–Crippen LogP) is 16.5. The Morgan fingerprint density at radius 2 is 1.22 bits per heavy atom. The minimum absolute atomic E-state index is 0.0285. The molecule has 0 spiro atoms. The molecule has 2 aliphatic carbocycles. The summed E-state index contributed by atoms with van der Waals surface area (Å²) in [6.07, 6.45) is 4.12. The molecule has 3 aliphatic heterocycles. The lowest BCUT2D eigenvalue weighted by Gasteiger charge is -2.52. The molecule has 13 rings (SSSR count). The maximum Gasteiger partial charge on any atom is 0.252 e. The second-order valence-corrected chi connectivity index (χ2v) is 26.7. The van der Waals surface area contributed by atoms with Gasteiger partial charge in [0.2, 0.25) is 0 Å². The van der Waals surface area contributed by atoms with Crippen LogP contribution in [0.15, 0.2) is 127 Å². The largest absolute Gasteiger partial charge is 0.335 e. The smallest absolute Gasteiger partial charge is 0.252 e. The molecule has 5 aliphatic rings. The molecule has 4 heteroatoms. The van der Waals surface area contributed by atoms with Gasteiger partial charge in [0.1, 0.15) is 0 Å². The van der Waals surface area contributed by atoms with E-state index in [4.69, 9.17) is 4.11 Å². The first-order valence-electron chi connectivity index (χ1n) is 29.6. The van der Waals surface area contributed by atoms with E-state index in [1.807, 2.05) is 0 Å². The normalized spacial score (nSPS) is 20.9. The summed E-state index contributed by atoms with van der Waals surface area (Å²) in [6, 6.07) is 36.5. The molecule has 2 atom stereocenters. The maximum atomic E-state index is 9.44. The van der Waals surface area contributed by atoms with Crippen molar-refractivity contribution in [1.29, 1.82) is 0 Å². The topological polar surface area (TPSA) is 11.4 Å². The van der Waals surface area contributed by atoms with Crippen molar-refractivity contribution in [2.45, 2.75) is 162 Å². The first-order chi connectivity index (χ1) is 36.5. The quantitative estimate of drug-likeness (QED) is 0.163. The number of nitrogens with zero attached hydrogens (tertiary/aromatic N) is 3. The zero-order valence-electron chi connectivity index (χ0n) is 51.0. The van der Waals surface area contributed by atoms with Gasteiger partial charge in [-0.15, -0.1) is 0 Å². The number of fused-ring (bicyclic) bond motifs is 12. The molecule has 2 unspecified atom stereocenters. The van der Waals surface area contributed by atoms with Gasteiger partial charge in [-0.2, -0.15) is 0 Å². The molecule has 0 radical (unpaired) electrons. The summed E-state index contributed by atoms with van der Waals surface area (Å²) in [7, 11) is 0. The molecular formula is C69H74BN3. The lowest BCUT2D eigenvalue weighted by Crippen LogP contribution is -2.64. The van der Waals surface area contributed by atoms with Gasteiger partial charge in [-0.25, -0.2) is 0 Å². The summed E-state index contributed by atoms with van der Waals surface area (Å²) < 4.78 is 48.1. The van der Waals surface area contributed by atoms with Crippen LogP contribution in [0.25, 0.3) is 39.0 Å². The summed E-state index contributed by atoms with van der Waals surface area (Å²) in [6.45, 7) is 34.9. The summed E-state index contributed by atoms with van der Waals surface area (Å²) >= 11 is 0. The van der Waals surface area contributed by atoms with E-state index in [1.54, 1.807) is 0 Å². The third-order valence-corrected chi connectivity index (χ3v) is 18.8. The van der Waals surface area contributed by atoms with Crippen LogP contribution in [0.2, 0.25) is 0 Å². The van der Waals surface area contributed by atoms with E-state index in [0.717, 1.165) is 53.9 Å². The van der Waals surface area contributed by atoms with Crippen molar-refractivity contribution < 1.29 is 6.85 Å². The van der Waals surface area contributed by atoms with Crippen LogP contribution < -0.4 is 26.2 Å². The van der Waals surface area contributed by atoms with E-state index >= 15 is 0 Å². The summed E-state index contributed by atoms with van der Waals surface area (Å²) in [5.74, 6) is 0. The Morgan fingerprint density at radius 1 is 0.603 bits per heavy atom. The van der Waals surface area contributed by atoms with Gasteiger partial charge < -0.3 is 14.4 Å². The second kappa shape index (κ2) is 15.0. The van der Waals surface area contributed by atoms with Gasteiger partial charge in [0.15, 0.2) is 0 Å². The van der Waals surface area contributed by atoms with Crippen molar-refractivity contribution >= 4 is 62.4 Å². The van der Waals surface area contributed by atoms with Crippen molar-refractivity contribution in [3.63, 3.8) is 0 Å². The summed E-state index contributed by atoms with van der Waals surface area (Å²) in [5, 5.41) is 1.28. The Bertz CT molecular complexity index is 3900. The second-order valence-electron chi connectivity index (χ2n) is 26.7. The van der Waals surface area contributed by atoms with E-state index in [-0.39, 0.29) is 75.1 Å². The average Bonchev–Trinajstić information content (AvgIpc) is 2.14. The van der Waals surface area contributed by atoms with Crippen LogP contribution in [0.3, 0.4) is 0 Å². The van der Waals surface area contributed by atoms with Gasteiger partial charge in [-0.05, 0) is 158 Å². The Labute approximate surface area is 443 Å². The van der Waals surface area contributed by atoms with Crippen LogP contribution in [0.5, 0.6) is 0 Å². The SMILES string of the molecule is [2H]c1c([2H])c([2H])c(-c2cc3c4c(c2)C2(C)CCCCC2(C)N4c2cc(N(c4ccc(C(C)(C)C)cc4C)c4ccc(C(C)(C)C)cc4C)cc4c2B3c2cc(C(C)(C)C)cc3c5c(n-4c23)-c2ccccc2C5(C)C)c([2H])c1[2H]. The number of anilines is 5. The van der Waals surface area contributed by atoms with Crippen molar-refractivity contribution in [2.24, 2.45) is 0 Å². The predicted molar refractivity (Wildman–Crippen MR) is 314 cm³/mol. The lowest BCUT2D eigenvalue weighted by molar-refractivity contribution is 0.195. The van der Waals surface area contributed by atoms with Crippen LogP contribution in [0.1, 0.15) is 167 Å². The highest BCUT2D eigenvalue weighted by Crippen LogP contribution is 2.63. The van der Waals surface area contributed by atoms with Crippen LogP contribution >= 0.6 is 0 Å². The molecule has 73 heavy (non-hydrogen) atoms. The Kier molecular flexibility index (Phi) is 8.43. The molecule has 4 heterocycles. The molecule has 1 saturated carbocycles. The van der Waals surface area contributed by atoms with E-state index in [2.05, 4.69) is 215 Å². The molecule has 3 nitrogen and oxygen atoms in total. The minimum Gasteiger partial charge on any atom is -0.335 e. The molecule has 1 aromatic heterocycles. The number of aryl methyl sites for hydroxylation is 2. The standard InChI is InChI=1S/C69H74BN3/c1-41-33-45(64(3,4)5)27-29-55(41)71(56-30-28-46(34-42(56)2)65(6,7)8)48-39-57-60-58(40-48)73-63-52(68(14)31-21-22-32-69(68,73)15)35-44(43-23-17-16-18-24-43)36-53(63)70(60)54-38-47(66(9,10)11)37-50-59-62(72(57)61(50)54)49-25-19-20-26-51(49)67(59,12)13/h16-20,23-30,33-40H,21-22,31-32H2,1-15H3/i16D,17D,18D,23D,24D. The molecule has 0 bridgehead atoms. The zero-order valence-corrected chi connectivity index (χ0v) is 46.0. The van der Waals surface area contributed by atoms with Crippen molar-refractivity contribution in [2.75, 3.05) is 9.80 Å². The molecule has 1 fully saturated rings. The van der Waals surface area contributed by atoms with E-state index in [1.165, 1.54) is 89.0 Å². The molecule has 7 aromatic carbocycles. The monoisotopic (exact) mass is 961 g/mol.